The average Bonchev–Trinajstić information content (AvgIpc) is 3.08. The van der Waals surface area contributed by atoms with Crippen LogP contribution in [0.4, 0.5) is 0 Å². The molecule has 0 spiro atoms. The van der Waals surface area contributed by atoms with E-state index in [9.17, 15) is 0 Å². The van der Waals surface area contributed by atoms with Crippen LogP contribution in [0.3, 0.4) is 0 Å². The van der Waals surface area contributed by atoms with E-state index < -0.39 is 5.54 Å². The van der Waals surface area contributed by atoms with Gasteiger partial charge in [-0.25, -0.2) is 0 Å². The van der Waals surface area contributed by atoms with E-state index in [4.69, 9.17) is 10.3 Å². The summed E-state index contributed by atoms with van der Waals surface area (Å²) < 4.78 is 5.28. The van der Waals surface area contributed by atoms with Gasteiger partial charge in [-0.05, 0) is 37.0 Å². The lowest BCUT2D eigenvalue weighted by atomic mass is 9.99. The maximum Gasteiger partial charge on any atom is 0.250 e. The average molecular weight is 269 g/mol. The highest BCUT2D eigenvalue weighted by Gasteiger charge is 2.35. The van der Waals surface area contributed by atoms with Gasteiger partial charge in [0.2, 0.25) is 0 Å². The summed E-state index contributed by atoms with van der Waals surface area (Å²) in [6.07, 6.45) is 7.99. The predicted octanol–water partition coefficient (Wildman–Crippen LogP) is 3.28. The Hall–Kier alpha value is -1.94. The summed E-state index contributed by atoms with van der Waals surface area (Å²) in [5.41, 5.74) is 8.29. The molecule has 0 saturated heterocycles. The second-order valence-electron chi connectivity index (χ2n) is 5.51. The van der Waals surface area contributed by atoms with Crippen molar-refractivity contribution in [2.24, 2.45) is 5.73 Å². The number of nitrogens with zero attached hydrogens (tertiary/aromatic N) is 2. The van der Waals surface area contributed by atoms with Crippen LogP contribution in [-0.2, 0) is 5.54 Å². The molecule has 0 unspecified atom stereocenters. The molecule has 0 aliphatic heterocycles. The Balaban J connectivity index is 1.79. The van der Waals surface area contributed by atoms with Crippen molar-refractivity contribution in [3.63, 3.8) is 0 Å². The lowest BCUT2D eigenvalue weighted by Crippen LogP contribution is -2.34. The Kier molecular flexibility index (Phi) is 3.40. The number of hydrogen-bond acceptors (Lipinski definition) is 4. The molecule has 0 radical (unpaired) electrons. The van der Waals surface area contributed by atoms with Gasteiger partial charge in [-0.15, -0.1) is 0 Å². The fourth-order valence-electron chi connectivity index (χ4n) is 2.67. The number of aryl methyl sites for hydroxylation is 1. The van der Waals surface area contributed by atoms with E-state index in [2.05, 4.69) is 29.2 Å². The van der Waals surface area contributed by atoms with E-state index in [0.29, 0.717) is 11.7 Å². The van der Waals surface area contributed by atoms with E-state index >= 15 is 0 Å². The van der Waals surface area contributed by atoms with Gasteiger partial charge < -0.3 is 10.3 Å². The van der Waals surface area contributed by atoms with Crippen LogP contribution >= 0.6 is 0 Å². The van der Waals surface area contributed by atoms with Crippen LogP contribution in [0.1, 0.15) is 48.5 Å². The molecule has 104 valence electrons. The first-order valence-corrected chi connectivity index (χ1v) is 7.04. The third-order valence-corrected chi connectivity index (χ3v) is 3.98. The summed E-state index contributed by atoms with van der Waals surface area (Å²) in [6, 6.07) is 8.17. The summed E-state index contributed by atoms with van der Waals surface area (Å²) in [4.78, 5) is 4.42. The highest BCUT2D eigenvalue weighted by Crippen LogP contribution is 2.34. The van der Waals surface area contributed by atoms with Crippen molar-refractivity contribution >= 4 is 12.2 Å². The monoisotopic (exact) mass is 269 g/mol. The zero-order valence-corrected chi connectivity index (χ0v) is 11.7. The van der Waals surface area contributed by atoms with Crippen LogP contribution in [0, 0.1) is 6.92 Å². The van der Waals surface area contributed by atoms with Crippen LogP contribution in [0.5, 0.6) is 0 Å². The van der Waals surface area contributed by atoms with Crippen LogP contribution in [0.15, 0.2) is 28.8 Å². The minimum absolute atomic E-state index is 0.391. The molecule has 0 bridgehead atoms. The normalized spacial score (nSPS) is 17.9. The third-order valence-electron chi connectivity index (χ3n) is 3.98. The van der Waals surface area contributed by atoms with E-state index in [1.807, 2.05) is 24.3 Å². The highest BCUT2D eigenvalue weighted by atomic mass is 16.5. The van der Waals surface area contributed by atoms with Gasteiger partial charge >= 0.3 is 0 Å². The third kappa shape index (κ3) is 2.51. The summed E-state index contributed by atoms with van der Waals surface area (Å²) in [5, 5.41) is 4.04. The minimum atomic E-state index is -0.391. The smallest absolute Gasteiger partial charge is 0.250 e. The molecule has 0 atom stereocenters. The molecule has 2 N–H and O–H groups in total. The van der Waals surface area contributed by atoms with Gasteiger partial charge in [0.05, 0.1) is 5.54 Å². The zero-order chi connectivity index (χ0) is 14.0. The molecule has 1 aliphatic carbocycles. The number of rotatable bonds is 3. The first-order chi connectivity index (χ1) is 9.67. The summed E-state index contributed by atoms with van der Waals surface area (Å²) in [5.74, 6) is 1.15. The van der Waals surface area contributed by atoms with Crippen molar-refractivity contribution in [1.29, 1.82) is 0 Å². The van der Waals surface area contributed by atoms with Crippen LogP contribution in [0.2, 0.25) is 0 Å². The molecule has 1 fully saturated rings. The lowest BCUT2D eigenvalue weighted by molar-refractivity contribution is 0.364. The van der Waals surface area contributed by atoms with Crippen molar-refractivity contribution in [2.75, 3.05) is 0 Å². The maximum atomic E-state index is 6.32. The molecular weight excluding hydrogens is 250 g/mol. The molecule has 4 nitrogen and oxygen atoms in total. The van der Waals surface area contributed by atoms with E-state index in [0.717, 1.165) is 31.2 Å². The van der Waals surface area contributed by atoms with Crippen molar-refractivity contribution < 1.29 is 4.52 Å². The lowest BCUT2D eigenvalue weighted by Gasteiger charge is -2.17. The summed E-state index contributed by atoms with van der Waals surface area (Å²) >= 11 is 0. The highest BCUT2D eigenvalue weighted by molar-refractivity contribution is 5.67. The van der Waals surface area contributed by atoms with Crippen LogP contribution < -0.4 is 5.73 Å². The molecular formula is C16H19N3O. The molecule has 1 heterocycles. The van der Waals surface area contributed by atoms with Crippen molar-refractivity contribution in [2.45, 2.75) is 38.1 Å². The standard InChI is InChI=1S/C16H19N3O/c1-12-6-2-3-7-13(12)8-9-14-18-15(19-20-14)16(17)10-4-5-11-16/h2-3,6-9H,4-5,10-11,17H2,1H3/b9-8+. The topological polar surface area (TPSA) is 64.9 Å². The van der Waals surface area contributed by atoms with E-state index in [1.165, 1.54) is 5.56 Å². The molecule has 1 aromatic carbocycles. The second kappa shape index (κ2) is 5.21. The van der Waals surface area contributed by atoms with Gasteiger partial charge in [0.15, 0.2) is 5.82 Å². The van der Waals surface area contributed by atoms with E-state index in [-0.39, 0.29) is 0 Å². The molecule has 0 amide bonds. The minimum Gasteiger partial charge on any atom is -0.335 e. The quantitative estimate of drug-likeness (QED) is 0.928. The number of benzene rings is 1. The van der Waals surface area contributed by atoms with Gasteiger partial charge in [0.1, 0.15) is 0 Å². The fourth-order valence-corrected chi connectivity index (χ4v) is 2.67. The van der Waals surface area contributed by atoms with Crippen LogP contribution in [-0.4, -0.2) is 10.1 Å². The maximum absolute atomic E-state index is 6.32. The first-order valence-electron chi connectivity index (χ1n) is 7.04. The molecule has 1 saturated carbocycles. The first kappa shape index (κ1) is 13.1. The Bertz CT molecular complexity index is 624. The van der Waals surface area contributed by atoms with E-state index in [1.54, 1.807) is 0 Å². The molecule has 4 heteroatoms. The molecule has 1 aliphatic rings. The van der Waals surface area contributed by atoms with Gasteiger partial charge in [0.25, 0.3) is 5.89 Å². The Morgan fingerprint density at radius 3 is 2.70 bits per heavy atom. The van der Waals surface area contributed by atoms with Crippen molar-refractivity contribution in [3.8, 4) is 0 Å². The zero-order valence-electron chi connectivity index (χ0n) is 11.7. The van der Waals surface area contributed by atoms with Crippen molar-refractivity contribution in [1.82, 2.24) is 10.1 Å². The molecule has 20 heavy (non-hydrogen) atoms. The summed E-state index contributed by atoms with van der Waals surface area (Å²) in [7, 11) is 0. The van der Waals surface area contributed by atoms with Gasteiger partial charge in [-0.2, -0.15) is 4.98 Å². The predicted molar refractivity (Wildman–Crippen MR) is 78.7 cm³/mol. The SMILES string of the molecule is Cc1ccccc1/C=C/c1nc(C2(N)CCCC2)no1. The number of hydrogen-bond donors (Lipinski definition) is 1. The van der Waals surface area contributed by atoms with Gasteiger partial charge in [0, 0.05) is 6.08 Å². The van der Waals surface area contributed by atoms with Crippen molar-refractivity contribution in [3.05, 3.63) is 47.1 Å². The van der Waals surface area contributed by atoms with Gasteiger partial charge in [-0.3, -0.25) is 0 Å². The van der Waals surface area contributed by atoms with Crippen LogP contribution in [0.25, 0.3) is 12.2 Å². The Labute approximate surface area is 118 Å². The Morgan fingerprint density at radius 2 is 1.95 bits per heavy atom. The molecule has 3 rings (SSSR count). The summed E-state index contributed by atoms with van der Waals surface area (Å²) in [6.45, 7) is 2.08. The Morgan fingerprint density at radius 1 is 1.20 bits per heavy atom. The van der Waals surface area contributed by atoms with Gasteiger partial charge in [-0.1, -0.05) is 42.3 Å². The number of aromatic nitrogens is 2. The number of nitrogens with two attached hydrogens (primary N) is 1. The fraction of sp³-hybridized carbons (Fsp3) is 0.375. The molecule has 1 aromatic heterocycles. The molecule has 2 aromatic rings. The second-order valence-corrected chi connectivity index (χ2v) is 5.51. The largest absolute Gasteiger partial charge is 0.335 e.